The predicted octanol–water partition coefficient (Wildman–Crippen LogP) is 2.72. The van der Waals surface area contributed by atoms with Crippen LogP contribution >= 0.6 is 23.2 Å². The molecule has 0 aliphatic rings. The van der Waals surface area contributed by atoms with Crippen molar-refractivity contribution in [1.82, 2.24) is 28.9 Å². The number of pyridine rings is 2. The van der Waals surface area contributed by atoms with Crippen molar-refractivity contribution in [2.45, 2.75) is 12.4 Å². The number of hydrogen-bond acceptors (Lipinski definition) is 6. The molecule has 3 aromatic heterocycles. The molecular weight excluding hydrogens is 565 g/mol. The van der Waals surface area contributed by atoms with Gasteiger partial charge in [-0.05, 0) is 12.1 Å². The average Bonchev–Trinajstić information content (AvgIpc) is 2.77. The van der Waals surface area contributed by atoms with Crippen molar-refractivity contribution in [3.63, 3.8) is 0 Å². The van der Waals surface area contributed by atoms with Gasteiger partial charge in [0.2, 0.25) is 0 Å². The van der Waals surface area contributed by atoms with Gasteiger partial charge in [-0.2, -0.15) is 26.3 Å². The van der Waals surface area contributed by atoms with Gasteiger partial charge in [0.15, 0.2) is 11.6 Å². The summed E-state index contributed by atoms with van der Waals surface area (Å²) >= 11 is 12.2. The Morgan fingerprint density at radius 1 is 0.711 bits per heavy atom. The van der Waals surface area contributed by atoms with Crippen LogP contribution in [0.1, 0.15) is 11.1 Å². The Morgan fingerprint density at radius 2 is 1.03 bits per heavy atom. The third-order valence-electron chi connectivity index (χ3n) is 4.81. The molecule has 16 heteroatoms. The van der Waals surface area contributed by atoms with Gasteiger partial charge in [-0.25, -0.2) is 9.97 Å². The van der Waals surface area contributed by atoms with Crippen molar-refractivity contribution in [3.8, 4) is 11.6 Å². The van der Waals surface area contributed by atoms with Gasteiger partial charge < -0.3 is 9.80 Å². The van der Waals surface area contributed by atoms with Gasteiger partial charge in [-0.1, -0.05) is 23.2 Å². The summed E-state index contributed by atoms with van der Waals surface area (Å²) in [4.78, 5) is 37.6. The second-order valence-corrected chi connectivity index (χ2v) is 9.11. The summed E-state index contributed by atoms with van der Waals surface area (Å²) in [6.07, 6.45) is -6.35. The molecule has 204 valence electrons. The minimum Gasteiger partial charge on any atom is -0.382 e. The summed E-state index contributed by atoms with van der Waals surface area (Å²) in [5, 5.41) is -2.06. The van der Waals surface area contributed by atoms with E-state index in [2.05, 4.69) is 9.97 Å². The summed E-state index contributed by atoms with van der Waals surface area (Å²) in [6.45, 7) is 0. The first-order valence-corrected chi connectivity index (χ1v) is 11.1. The van der Waals surface area contributed by atoms with Crippen LogP contribution < -0.4 is 21.8 Å². The molecule has 0 aliphatic heterocycles. The summed E-state index contributed by atoms with van der Waals surface area (Å²) < 4.78 is 80.3. The predicted molar refractivity (Wildman–Crippen MR) is 129 cm³/mol. The van der Waals surface area contributed by atoms with Gasteiger partial charge in [0.05, 0.1) is 21.2 Å². The van der Waals surface area contributed by atoms with Gasteiger partial charge in [0.25, 0.3) is 11.1 Å². The third kappa shape index (κ3) is 5.80. The van der Waals surface area contributed by atoms with Crippen molar-refractivity contribution < 1.29 is 26.3 Å². The van der Waals surface area contributed by atoms with Crippen LogP contribution in [0, 0.1) is 0 Å². The van der Waals surface area contributed by atoms with E-state index in [9.17, 15) is 35.9 Å². The van der Waals surface area contributed by atoms with Crippen molar-refractivity contribution in [2.75, 3.05) is 28.2 Å². The van der Waals surface area contributed by atoms with Crippen LogP contribution in [0.2, 0.25) is 10.0 Å². The molecule has 0 spiro atoms. The highest BCUT2D eigenvalue weighted by Crippen LogP contribution is 2.32. The number of aromatic nitrogens is 4. The van der Waals surface area contributed by atoms with E-state index in [-0.39, 0.29) is 0 Å². The van der Waals surface area contributed by atoms with Gasteiger partial charge in [-0.3, -0.25) is 18.7 Å². The average molecular weight is 583 g/mol. The van der Waals surface area contributed by atoms with E-state index in [1.165, 1.54) is 38.0 Å². The molecule has 0 fully saturated rings. The third-order valence-corrected chi connectivity index (χ3v) is 5.37. The summed E-state index contributed by atoms with van der Waals surface area (Å²) in [7, 11) is 5.96. The van der Waals surface area contributed by atoms with Gasteiger partial charge >= 0.3 is 12.4 Å². The highest BCUT2D eigenvalue weighted by molar-refractivity contribution is 6.32. The Hall–Kier alpha value is -3.52. The Bertz CT molecular complexity index is 1510. The normalized spacial score (nSPS) is 13.3. The molecule has 8 nitrogen and oxygen atoms in total. The maximum absolute atomic E-state index is 13.8. The standard InChI is InChI=1S/C22H18Cl2F6N6O2/c1-33(2)9-15-19(37)36(18-14(24)6-12(8-32-18)22(28,29)30)16(10-34(3)4)20(38)35(15)17-13(23)5-11(7-31-17)21(25,26)27/h5-10H,1-4H3/b15-9+,16-10+. The second-order valence-electron chi connectivity index (χ2n) is 8.29. The van der Waals surface area contributed by atoms with Gasteiger partial charge in [0.1, 0.15) is 10.7 Å². The molecule has 0 unspecified atom stereocenters. The zero-order chi connectivity index (χ0) is 28.7. The fourth-order valence-electron chi connectivity index (χ4n) is 3.28. The van der Waals surface area contributed by atoms with Crippen LogP contribution in [0.5, 0.6) is 0 Å². The molecule has 0 bridgehead atoms. The van der Waals surface area contributed by atoms with E-state index >= 15 is 0 Å². The molecule has 3 aromatic rings. The van der Waals surface area contributed by atoms with Gasteiger partial charge in [-0.15, -0.1) is 0 Å². The summed E-state index contributed by atoms with van der Waals surface area (Å²) in [5.41, 5.74) is -4.38. The summed E-state index contributed by atoms with van der Waals surface area (Å²) in [5.74, 6) is -0.969. The smallest absolute Gasteiger partial charge is 0.382 e. The first-order chi connectivity index (χ1) is 17.4. The first kappa shape index (κ1) is 29.0. The molecule has 38 heavy (non-hydrogen) atoms. The monoisotopic (exact) mass is 582 g/mol. The van der Waals surface area contributed by atoms with E-state index in [4.69, 9.17) is 23.2 Å². The fourth-order valence-corrected chi connectivity index (χ4v) is 3.78. The molecule has 0 saturated heterocycles. The zero-order valence-corrected chi connectivity index (χ0v) is 21.5. The van der Waals surface area contributed by atoms with Crippen LogP contribution in [0.3, 0.4) is 0 Å². The molecule has 0 atom stereocenters. The lowest BCUT2D eigenvalue weighted by Crippen LogP contribution is -2.58. The number of halogens is 8. The molecule has 3 rings (SSSR count). The largest absolute Gasteiger partial charge is 0.417 e. The van der Waals surface area contributed by atoms with E-state index in [0.29, 0.717) is 33.7 Å². The number of rotatable bonds is 4. The minimum atomic E-state index is -4.78. The number of alkyl halides is 6. The topological polar surface area (TPSA) is 76.3 Å². The molecule has 0 saturated carbocycles. The molecular formula is C22H18Cl2F6N6O2. The lowest BCUT2D eigenvalue weighted by molar-refractivity contribution is -0.138. The fraction of sp³-hybridized carbons (Fsp3) is 0.273. The number of hydrogen-bond donors (Lipinski definition) is 0. The van der Waals surface area contributed by atoms with Crippen molar-refractivity contribution in [1.29, 1.82) is 0 Å². The Balaban J connectivity index is 2.55. The molecule has 0 radical (unpaired) electrons. The maximum Gasteiger partial charge on any atom is 0.417 e. The molecule has 0 amide bonds. The van der Waals surface area contributed by atoms with Gasteiger partial charge in [0, 0.05) is 53.0 Å². The maximum atomic E-state index is 13.8. The van der Waals surface area contributed by atoms with Crippen molar-refractivity contribution in [3.05, 3.63) is 77.1 Å². The highest BCUT2D eigenvalue weighted by atomic mass is 35.5. The van der Waals surface area contributed by atoms with Crippen LogP contribution in [0.25, 0.3) is 24.0 Å². The van der Waals surface area contributed by atoms with E-state index in [1.807, 2.05) is 0 Å². The van der Waals surface area contributed by atoms with Crippen LogP contribution in [0.15, 0.2) is 34.1 Å². The lowest BCUT2D eigenvalue weighted by atomic mass is 10.2. The molecule has 3 heterocycles. The minimum absolute atomic E-state index is 0.442. The van der Waals surface area contributed by atoms with Crippen molar-refractivity contribution >= 4 is 35.6 Å². The first-order valence-electron chi connectivity index (χ1n) is 10.3. The molecule has 0 aromatic carbocycles. The SMILES string of the molecule is CN(C)/C=c1\c(=O)n(-c2ncc(C(F)(F)F)cc2Cl)/c(=C/N(C)C)c(=O)n1-c1ncc(C(F)(F)F)cc1Cl. The Labute approximate surface area is 220 Å². The quantitative estimate of drug-likeness (QED) is 0.440. The number of nitrogens with zero attached hydrogens (tertiary/aromatic N) is 6. The van der Waals surface area contributed by atoms with E-state index in [1.54, 1.807) is 0 Å². The Morgan fingerprint density at radius 3 is 1.26 bits per heavy atom. The van der Waals surface area contributed by atoms with Crippen LogP contribution in [0.4, 0.5) is 26.3 Å². The van der Waals surface area contributed by atoms with Crippen molar-refractivity contribution in [2.24, 2.45) is 0 Å². The van der Waals surface area contributed by atoms with E-state index in [0.717, 1.165) is 12.4 Å². The second kappa shape index (κ2) is 10.3. The van der Waals surface area contributed by atoms with Crippen LogP contribution in [-0.2, 0) is 12.4 Å². The molecule has 0 N–H and O–H groups in total. The zero-order valence-electron chi connectivity index (χ0n) is 20.0. The summed E-state index contributed by atoms with van der Waals surface area (Å²) in [6, 6.07) is 1.09. The molecule has 0 aliphatic carbocycles. The lowest BCUT2D eigenvalue weighted by Gasteiger charge is -2.17. The highest BCUT2D eigenvalue weighted by Gasteiger charge is 2.33. The van der Waals surface area contributed by atoms with E-state index < -0.39 is 67.0 Å². The Kier molecular flexibility index (Phi) is 7.89. The van der Waals surface area contributed by atoms with Crippen LogP contribution in [-0.4, -0.2) is 57.1 Å².